The molecule has 0 saturated heterocycles. The predicted octanol–water partition coefficient (Wildman–Crippen LogP) is 2.85. The summed E-state index contributed by atoms with van der Waals surface area (Å²) in [5.41, 5.74) is 0. The molecule has 4 nitrogen and oxygen atoms in total. The highest BCUT2D eigenvalue weighted by molar-refractivity contribution is 6.60. The van der Waals surface area contributed by atoms with Gasteiger partial charge in [-0.15, -0.1) is 0 Å². The molecule has 17 heavy (non-hydrogen) atoms. The summed E-state index contributed by atoms with van der Waals surface area (Å²) in [4.78, 5) is 0. The summed E-state index contributed by atoms with van der Waals surface area (Å²) < 4.78 is 22.8. The van der Waals surface area contributed by atoms with Crippen molar-refractivity contribution in [2.24, 2.45) is 0 Å². The van der Waals surface area contributed by atoms with E-state index in [1.54, 1.807) is 0 Å². The average Bonchev–Trinajstić information content (AvgIpc) is 2.25. The maximum atomic E-state index is 5.76. The molecule has 0 aromatic carbocycles. The third kappa shape index (κ3) is 7.89. The monoisotopic (exact) mass is 264 g/mol. The van der Waals surface area contributed by atoms with E-state index >= 15 is 0 Å². The molecule has 0 aliphatic carbocycles. The van der Waals surface area contributed by atoms with Gasteiger partial charge in [0.05, 0.1) is 6.10 Å². The molecule has 0 aliphatic rings. The molecular weight excluding hydrogens is 236 g/mol. The zero-order valence-electron chi connectivity index (χ0n) is 12.0. The molecule has 0 bridgehead atoms. The van der Waals surface area contributed by atoms with Crippen LogP contribution < -0.4 is 0 Å². The first-order valence-electron chi connectivity index (χ1n) is 6.63. The van der Waals surface area contributed by atoms with Gasteiger partial charge in [-0.05, 0) is 41.0 Å². The standard InChI is InChI=1S/C12H28O4Si/c1-6-14-17(15-7-2,16-8-3)11-9-10-13-12(4)5/h12H,6-11H2,1-5H3. The van der Waals surface area contributed by atoms with Crippen molar-refractivity contribution in [3.8, 4) is 0 Å². The van der Waals surface area contributed by atoms with Crippen LogP contribution in [-0.4, -0.2) is 41.3 Å². The van der Waals surface area contributed by atoms with Gasteiger partial charge in [-0.1, -0.05) is 0 Å². The van der Waals surface area contributed by atoms with Crippen LogP contribution in [0, 0.1) is 0 Å². The normalized spacial score (nSPS) is 12.4. The van der Waals surface area contributed by atoms with Crippen LogP contribution in [0.2, 0.25) is 6.04 Å². The van der Waals surface area contributed by atoms with E-state index in [-0.39, 0.29) is 6.10 Å². The Balaban J connectivity index is 4.14. The molecule has 0 aromatic rings. The zero-order valence-corrected chi connectivity index (χ0v) is 13.0. The van der Waals surface area contributed by atoms with Crippen molar-refractivity contribution in [1.82, 2.24) is 0 Å². The van der Waals surface area contributed by atoms with E-state index in [2.05, 4.69) is 0 Å². The fourth-order valence-electron chi connectivity index (χ4n) is 1.61. The molecule has 0 saturated carbocycles. The Morgan fingerprint density at radius 2 is 1.35 bits per heavy atom. The van der Waals surface area contributed by atoms with E-state index in [0.717, 1.165) is 19.1 Å². The maximum Gasteiger partial charge on any atom is 0.501 e. The van der Waals surface area contributed by atoms with Crippen molar-refractivity contribution in [3.63, 3.8) is 0 Å². The first kappa shape index (κ1) is 17.1. The highest BCUT2D eigenvalue weighted by atomic mass is 28.4. The van der Waals surface area contributed by atoms with Gasteiger partial charge in [0, 0.05) is 32.5 Å². The van der Waals surface area contributed by atoms with E-state index in [1.165, 1.54) is 0 Å². The smallest absolute Gasteiger partial charge is 0.379 e. The second-order valence-corrected chi connectivity index (χ2v) is 6.74. The van der Waals surface area contributed by atoms with E-state index < -0.39 is 8.80 Å². The molecule has 0 radical (unpaired) electrons. The molecule has 0 rings (SSSR count). The van der Waals surface area contributed by atoms with Gasteiger partial charge in [0.1, 0.15) is 0 Å². The average molecular weight is 264 g/mol. The predicted molar refractivity (Wildman–Crippen MR) is 71.1 cm³/mol. The molecule has 5 heteroatoms. The quantitative estimate of drug-likeness (QED) is 0.425. The molecule has 0 N–H and O–H groups in total. The number of ether oxygens (including phenoxy) is 1. The second kappa shape index (κ2) is 10.0. The molecule has 0 amide bonds. The summed E-state index contributed by atoms with van der Waals surface area (Å²) >= 11 is 0. The fraction of sp³-hybridized carbons (Fsp3) is 1.00. The molecule has 0 unspecified atom stereocenters. The first-order chi connectivity index (χ1) is 8.10. The van der Waals surface area contributed by atoms with Crippen molar-refractivity contribution in [2.45, 2.75) is 53.2 Å². The minimum atomic E-state index is -2.45. The number of rotatable bonds is 11. The lowest BCUT2D eigenvalue weighted by Crippen LogP contribution is -2.46. The zero-order chi connectivity index (χ0) is 13.1. The molecule has 104 valence electrons. The molecule has 0 aliphatic heterocycles. The SMILES string of the molecule is CCO[Si](CCCOC(C)C)(OCC)OCC. The Morgan fingerprint density at radius 1 is 0.882 bits per heavy atom. The number of hydrogen-bond donors (Lipinski definition) is 0. The Morgan fingerprint density at radius 3 is 1.71 bits per heavy atom. The Bertz CT molecular complexity index is 159. The van der Waals surface area contributed by atoms with Gasteiger partial charge >= 0.3 is 8.80 Å². The van der Waals surface area contributed by atoms with E-state index in [0.29, 0.717) is 19.8 Å². The van der Waals surface area contributed by atoms with Crippen molar-refractivity contribution >= 4 is 8.80 Å². The largest absolute Gasteiger partial charge is 0.501 e. The van der Waals surface area contributed by atoms with Crippen molar-refractivity contribution in [3.05, 3.63) is 0 Å². The highest BCUT2D eigenvalue weighted by Gasteiger charge is 2.39. The lowest BCUT2D eigenvalue weighted by atomic mass is 10.4. The summed E-state index contributed by atoms with van der Waals surface area (Å²) in [6.45, 7) is 12.7. The summed E-state index contributed by atoms with van der Waals surface area (Å²) in [7, 11) is -2.45. The van der Waals surface area contributed by atoms with Crippen molar-refractivity contribution < 1.29 is 18.0 Å². The van der Waals surface area contributed by atoms with Gasteiger partial charge < -0.3 is 18.0 Å². The molecule has 0 aromatic heterocycles. The van der Waals surface area contributed by atoms with Gasteiger partial charge in [-0.25, -0.2) is 0 Å². The van der Waals surface area contributed by atoms with E-state index in [4.69, 9.17) is 18.0 Å². The molecule has 0 atom stereocenters. The topological polar surface area (TPSA) is 36.9 Å². The third-order valence-corrected chi connectivity index (χ3v) is 5.32. The minimum absolute atomic E-state index is 0.275. The number of hydrogen-bond acceptors (Lipinski definition) is 4. The van der Waals surface area contributed by atoms with Gasteiger partial charge in [-0.3, -0.25) is 0 Å². The Labute approximate surface area is 107 Å². The first-order valence-corrected chi connectivity index (χ1v) is 8.56. The van der Waals surface area contributed by atoms with Crippen molar-refractivity contribution in [1.29, 1.82) is 0 Å². The van der Waals surface area contributed by atoms with Gasteiger partial charge in [0.2, 0.25) is 0 Å². The van der Waals surface area contributed by atoms with Crippen LogP contribution in [0.5, 0.6) is 0 Å². The van der Waals surface area contributed by atoms with Gasteiger partial charge in [0.15, 0.2) is 0 Å². The fourth-order valence-corrected chi connectivity index (χ4v) is 4.19. The Kier molecular flexibility index (Phi) is 10.1. The van der Waals surface area contributed by atoms with Crippen molar-refractivity contribution in [2.75, 3.05) is 26.4 Å². The highest BCUT2D eigenvalue weighted by Crippen LogP contribution is 2.18. The van der Waals surface area contributed by atoms with Crippen LogP contribution in [0.4, 0.5) is 0 Å². The second-order valence-electron chi connectivity index (χ2n) is 4.01. The lowest BCUT2D eigenvalue weighted by molar-refractivity contribution is 0.0564. The van der Waals surface area contributed by atoms with E-state index in [9.17, 15) is 0 Å². The van der Waals surface area contributed by atoms with Crippen LogP contribution in [0.3, 0.4) is 0 Å². The summed E-state index contributed by atoms with van der Waals surface area (Å²) in [6, 6.07) is 0.829. The van der Waals surface area contributed by atoms with Crippen LogP contribution in [0.15, 0.2) is 0 Å². The van der Waals surface area contributed by atoms with Gasteiger partial charge in [-0.2, -0.15) is 0 Å². The summed E-state index contributed by atoms with van der Waals surface area (Å²) in [5.74, 6) is 0. The Hall–Kier alpha value is 0.0569. The van der Waals surface area contributed by atoms with Crippen LogP contribution in [0.25, 0.3) is 0 Å². The molecule has 0 spiro atoms. The molecular formula is C12H28O4Si. The van der Waals surface area contributed by atoms with Gasteiger partial charge in [0.25, 0.3) is 0 Å². The maximum absolute atomic E-state index is 5.76. The third-order valence-electron chi connectivity index (χ3n) is 2.17. The van der Waals surface area contributed by atoms with E-state index in [1.807, 2.05) is 34.6 Å². The molecule has 0 heterocycles. The summed E-state index contributed by atoms with van der Waals surface area (Å²) in [6.07, 6.45) is 1.20. The van der Waals surface area contributed by atoms with Crippen LogP contribution >= 0.6 is 0 Å². The minimum Gasteiger partial charge on any atom is -0.379 e. The lowest BCUT2D eigenvalue weighted by Gasteiger charge is -2.28. The summed E-state index contributed by atoms with van der Waals surface area (Å²) in [5, 5.41) is 0. The van der Waals surface area contributed by atoms with Crippen LogP contribution in [0.1, 0.15) is 41.0 Å². The van der Waals surface area contributed by atoms with Crippen LogP contribution in [-0.2, 0) is 18.0 Å². The molecule has 0 fully saturated rings.